The highest BCUT2D eigenvalue weighted by Crippen LogP contribution is 2.27. The van der Waals surface area contributed by atoms with Crippen molar-refractivity contribution in [3.05, 3.63) is 63.7 Å². The summed E-state index contributed by atoms with van der Waals surface area (Å²) in [7, 11) is -3.93. The van der Waals surface area contributed by atoms with Gasteiger partial charge in [-0.15, -0.1) is 0 Å². The number of aryl methyl sites for hydroxylation is 3. The summed E-state index contributed by atoms with van der Waals surface area (Å²) in [6.45, 7) is 6.88. The Kier molecular flexibility index (Phi) is 7.03. The average Bonchev–Trinajstić information content (AvgIpc) is 2.55. The predicted octanol–water partition coefficient (Wildman–Crippen LogP) is 4.02. The Morgan fingerprint density at radius 3 is 2.26 bits per heavy atom. The first kappa shape index (κ1) is 21.4. The van der Waals surface area contributed by atoms with Gasteiger partial charge < -0.3 is 4.74 Å². The molecule has 0 aliphatic heterocycles. The second-order valence-electron chi connectivity index (χ2n) is 6.40. The first-order chi connectivity index (χ1) is 12.7. The molecule has 0 amide bonds. The van der Waals surface area contributed by atoms with E-state index in [1.165, 1.54) is 0 Å². The van der Waals surface area contributed by atoms with Crippen molar-refractivity contribution in [1.82, 2.24) is 4.31 Å². The summed E-state index contributed by atoms with van der Waals surface area (Å²) in [5.41, 5.74) is 2.88. The van der Waals surface area contributed by atoms with E-state index in [1.54, 1.807) is 45.0 Å². The second kappa shape index (κ2) is 8.87. The van der Waals surface area contributed by atoms with Crippen LogP contribution in [0.4, 0.5) is 0 Å². The summed E-state index contributed by atoms with van der Waals surface area (Å²) in [6.07, 6.45) is 0. The van der Waals surface area contributed by atoms with E-state index in [0.717, 1.165) is 9.87 Å². The van der Waals surface area contributed by atoms with Crippen molar-refractivity contribution >= 4 is 27.6 Å². The lowest BCUT2D eigenvalue weighted by molar-refractivity contribution is -0.143. The van der Waals surface area contributed by atoms with E-state index in [-0.39, 0.29) is 24.6 Å². The summed E-state index contributed by atoms with van der Waals surface area (Å²) in [6, 6.07) is 10.6. The highest BCUT2D eigenvalue weighted by molar-refractivity contribution is 7.89. The molecule has 2 rings (SSSR count). The van der Waals surface area contributed by atoms with Gasteiger partial charge in [-0.2, -0.15) is 4.31 Å². The van der Waals surface area contributed by atoms with Crippen LogP contribution in [0.1, 0.15) is 29.2 Å². The molecule has 146 valence electrons. The monoisotopic (exact) mass is 409 g/mol. The summed E-state index contributed by atoms with van der Waals surface area (Å²) in [4.78, 5) is 12.3. The van der Waals surface area contributed by atoms with Crippen molar-refractivity contribution in [3.8, 4) is 0 Å². The SMILES string of the molecule is CCOC(=O)CN(Cc1ccccc1Cl)S(=O)(=O)c1c(C)cc(C)cc1C. The number of halogens is 1. The molecule has 0 unspecified atom stereocenters. The summed E-state index contributed by atoms with van der Waals surface area (Å²) >= 11 is 6.21. The maximum Gasteiger partial charge on any atom is 0.321 e. The van der Waals surface area contributed by atoms with Crippen molar-refractivity contribution in [1.29, 1.82) is 0 Å². The number of benzene rings is 2. The molecule has 0 atom stereocenters. The molecule has 0 fully saturated rings. The van der Waals surface area contributed by atoms with E-state index in [1.807, 2.05) is 19.1 Å². The lowest BCUT2D eigenvalue weighted by Crippen LogP contribution is -2.36. The van der Waals surface area contributed by atoms with E-state index >= 15 is 0 Å². The fourth-order valence-corrected chi connectivity index (χ4v) is 5.07. The van der Waals surface area contributed by atoms with E-state index in [2.05, 4.69) is 0 Å². The third-order valence-electron chi connectivity index (χ3n) is 4.12. The smallest absolute Gasteiger partial charge is 0.321 e. The van der Waals surface area contributed by atoms with Crippen molar-refractivity contribution in [2.75, 3.05) is 13.2 Å². The van der Waals surface area contributed by atoms with Crippen LogP contribution >= 0.6 is 11.6 Å². The van der Waals surface area contributed by atoms with Crippen LogP contribution in [0.15, 0.2) is 41.3 Å². The van der Waals surface area contributed by atoms with Gasteiger partial charge in [0.05, 0.1) is 11.5 Å². The summed E-state index contributed by atoms with van der Waals surface area (Å²) < 4.78 is 32.9. The zero-order chi connectivity index (χ0) is 20.2. The highest BCUT2D eigenvalue weighted by atomic mass is 35.5. The quantitative estimate of drug-likeness (QED) is 0.648. The molecular weight excluding hydrogens is 386 g/mol. The fourth-order valence-electron chi connectivity index (χ4n) is 3.10. The molecule has 0 heterocycles. The Morgan fingerprint density at radius 2 is 1.70 bits per heavy atom. The molecule has 2 aromatic carbocycles. The standard InChI is InChI=1S/C20H24ClNO4S/c1-5-26-19(23)13-22(12-17-8-6-7-9-18(17)21)27(24,25)20-15(3)10-14(2)11-16(20)4/h6-11H,5,12-13H2,1-4H3. The molecule has 2 aromatic rings. The molecule has 0 aliphatic carbocycles. The van der Waals surface area contributed by atoms with Gasteiger partial charge in [-0.1, -0.05) is 47.5 Å². The van der Waals surface area contributed by atoms with E-state index in [0.29, 0.717) is 21.7 Å². The number of ether oxygens (including phenoxy) is 1. The lowest BCUT2D eigenvalue weighted by atomic mass is 10.1. The third kappa shape index (κ3) is 5.09. The molecule has 7 heteroatoms. The van der Waals surface area contributed by atoms with Gasteiger partial charge in [-0.3, -0.25) is 4.79 Å². The van der Waals surface area contributed by atoms with Gasteiger partial charge in [-0.25, -0.2) is 8.42 Å². The van der Waals surface area contributed by atoms with Gasteiger partial charge in [0.2, 0.25) is 10.0 Å². The van der Waals surface area contributed by atoms with E-state index < -0.39 is 16.0 Å². The average molecular weight is 410 g/mol. The molecule has 5 nitrogen and oxygen atoms in total. The summed E-state index contributed by atoms with van der Waals surface area (Å²) in [5.74, 6) is -0.601. The summed E-state index contributed by atoms with van der Waals surface area (Å²) in [5, 5.41) is 0.443. The van der Waals surface area contributed by atoms with Crippen LogP contribution in [0.5, 0.6) is 0 Å². The minimum atomic E-state index is -3.93. The Bertz CT molecular complexity index is 918. The molecule has 0 bridgehead atoms. The molecule has 27 heavy (non-hydrogen) atoms. The van der Waals surface area contributed by atoms with Crippen LogP contribution in [0, 0.1) is 20.8 Å². The maximum absolute atomic E-state index is 13.4. The van der Waals surface area contributed by atoms with Crippen LogP contribution in [0.2, 0.25) is 5.02 Å². The Morgan fingerprint density at radius 1 is 1.11 bits per heavy atom. The minimum absolute atomic E-state index is 0.0203. The number of sulfonamides is 1. The van der Waals surface area contributed by atoms with Crippen LogP contribution in [0.25, 0.3) is 0 Å². The number of hydrogen-bond donors (Lipinski definition) is 0. The van der Waals surface area contributed by atoms with Crippen LogP contribution in [-0.4, -0.2) is 31.8 Å². The Hall–Kier alpha value is -1.89. The minimum Gasteiger partial charge on any atom is -0.465 e. The van der Waals surface area contributed by atoms with Crippen LogP contribution < -0.4 is 0 Å². The van der Waals surface area contributed by atoms with E-state index in [4.69, 9.17) is 16.3 Å². The topological polar surface area (TPSA) is 63.7 Å². The Balaban J connectivity index is 2.51. The number of carbonyl (C=O) groups excluding carboxylic acids is 1. The number of esters is 1. The Labute approximate surface area is 166 Å². The van der Waals surface area contributed by atoms with Crippen molar-refractivity contribution in [2.24, 2.45) is 0 Å². The highest BCUT2D eigenvalue weighted by Gasteiger charge is 2.30. The van der Waals surface area contributed by atoms with Crippen molar-refractivity contribution < 1.29 is 17.9 Å². The number of rotatable bonds is 7. The maximum atomic E-state index is 13.4. The second-order valence-corrected chi connectivity index (χ2v) is 8.68. The first-order valence-corrected chi connectivity index (χ1v) is 10.5. The van der Waals surface area contributed by atoms with Gasteiger partial charge >= 0.3 is 5.97 Å². The zero-order valence-corrected chi connectivity index (χ0v) is 17.5. The normalized spacial score (nSPS) is 11.6. The zero-order valence-electron chi connectivity index (χ0n) is 16.0. The number of nitrogens with zero attached hydrogens (tertiary/aromatic N) is 1. The molecule has 0 N–H and O–H groups in total. The molecule has 0 spiro atoms. The van der Waals surface area contributed by atoms with E-state index in [9.17, 15) is 13.2 Å². The molecule has 0 saturated carbocycles. The van der Waals surface area contributed by atoms with Crippen LogP contribution in [0.3, 0.4) is 0 Å². The fraction of sp³-hybridized carbons (Fsp3) is 0.350. The largest absolute Gasteiger partial charge is 0.465 e. The van der Waals surface area contributed by atoms with Crippen molar-refractivity contribution in [2.45, 2.75) is 39.1 Å². The molecule has 0 aromatic heterocycles. The van der Waals surface area contributed by atoms with Gasteiger partial charge in [0.15, 0.2) is 0 Å². The molecule has 0 saturated heterocycles. The third-order valence-corrected chi connectivity index (χ3v) is 6.58. The van der Waals surface area contributed by atoms with Crippen molar-refractivity contribution in [3.63, 3.8) is 0 Å². The molecule has 0 radical (unpaired) electrons. The number of hydrogen-bond acceptors (Lipinski definition) is 4. The molecular formula is C20H24ClNO4S. The lowest BCUT2D eigenvalue weighted by Gasteiger charge is -2.24. The van der Waals surface area contributed by atoms with Gasteiger partial charge in [0.25, 0.3) is 0 Å². The predicted molar refractivity (Wildman–Crippen MR) is 106 cm³/mol. The first-order valence-electron chi connectivity index (χ1n) is 8.63. The number of carbonyl (C=O) groups is 1. The van der Waals surface area contributed by atoms with Gasteiger partial charge in [0.1, 0.15) is 6.54 Å². The van der Waals surface area contributed by atoms with Crippen LogP contribution in [-0.2, 0) is 26.1 Å². The van der Waals surface area contributed by atoms with Gasteiger partial charge in [0, 0.05) is 11.6 Å². The van der Waals surface area contributed by atoms with Gasteiger partial charge in [-0.05, 0) is 50.5 Å². The molecule has 0 aliphatic rings.